The molecule has 160 valence electrons. The quantitative estimate of drug-likeness (QED) is 0.555. The number of fused-ring (bicyclic) bond motifs is 1. The molecule has 3 N–H and O–H groups in total. The van der Waals surface area contributed by atoms with Crippen molar-refractivity contribution in [3.63, 3.8) is 0 Å². The summed E-state index contributed by atoms with van der Waals surface area (Å²) in [6.07, 6.45) is 1.41. The minimum Gasteiger partial charge on any atom is -0.508 e. The Morgan fingerprint density at radius 3 is 2.58 bits per heavy atom. The number of nitrogens with zero attached hydrogens (tertiary/aromatic N) is 3. The van der Waals surface area contributed by atoms with Crippen LogP contribution >= 0.6 is 11.6 Å². The zero-order chi connectivity index (χ0) is 22.1. The zero-order valence-electron chi connectivity index (χ0n) is 17.0. The summed E-state index contributed by atoms with van der Waals surface area (Å²) in [6.45, 7) is 1.79. The Kier molecular flexibility index (Phi) is 5.43. The van der Waals surface area contributed by atoms with E-state index in [9.17, 15) is 9.90 Å². The smallest absolute Gasteiger partial charge is 0.255 e. The first-order chi connectivity index (χ1) is 14.9. The second-order valence-electron chi connectivity index (χ2n) is 6.83. The van der Waals surface area contributed by atoms with Gasteiger partial charge in [0.25, 0.3) is 5.91 Å². The summed E-state index contributed by atoms with van der Waals surface area (Å²) >= 11 is 6.17. The van der Waals surface area contributed by atoms with Gasteiger partial charge in [0.2, 0.25) is 5.95 Å². The van der Waals surface area contributed by atoms with Crippen molar-refractivity contribution < 1.29 is 19.4 Å². The summed E-state index contributed by atoms with van der Waals surface area (Å²) in [5, 5.41) is 20.3. The molecule has 0 bridgehead atoms. The van der Waals surface area contributed by atoms with Crippen LogP contribution in [-0.4, -0.2) is 40.0 Å². The Hall–Kier alpha value is -3.72. The number of phenols is 1. The molecule has 1 atom stereocenters. The molecule has 0 saturated heterocycles. The number of methoxy groups -OCH3 is 2. The number of amides is 1. The van der Waals surface area contributed by atoms with E-state index in [-0.39, 0.29) is 11.7 Å². The molecule has 2 aromatic carbocycles. The predicted octanol–water partition coefficient (Wildman–Crippen LogP) is 3.58. The fourth-order valence-electron chi connectivity index (χ4n) is 3.50. The first-order valence-corrected chi connectivity index (χ1v) is 9.69. The number of aromatic hydroxyl groups is 1. The van der Waals surface area contributed by atoms with Gasteiger partial charge in [0.05, 0.1) is 30.5 Å². The number of halogens is 1. The topological polar surface area (TPSA) is 111 Å². The average Bonchev–Trinajstić information content (AvgIpc) is 3.22. The number of rotatable bonds is 5. The molecule has 4 rings (SSSR count). The molecule has 3 aromatic rings. The first-order valence-electron chi connectivity index (χ1n) is 9.32. The minimum atomic E-state index is -0.556. The van der Waals surface area contributed by atoms with Crippen LogP contribution in [0.1, 0.15) is 18.5 Å². The number of nitrogens with one attached hydrogen (secondary N) is 2. The highest BCUT2D eigenvalue weighted by Gasteiger charge is 2.33. The summed E-state index contributed by atoms with van der Waals surface area (Å²) < 4.78 is 12.2. The Morgan fingerprint density at radius 2 is 1.90 bits per heavy atom. The summed E-state index contributed by atoms with van der Waals surface area (Å²) in [7, 11) is 2.98. The van der Waals surface area contributed by atoms with E-state index in [0.29, 0.717) is 39.4 Å². The van der Waals surface area contributed by atoms with E-state index in [1.807, 2.05) is 0 Å². The van der Waals surface area contributed by atoms with E-state index in [4.69, 9.17) is 21.1 Å². The lowest BCUT2D eigenvalue weighted by molar-refractivity contribution is -0.113. The molecule has 9 nitrogen and oxygen atoms in total. The Morgan fingerprint density at radius 1 is 1.19 bits per heavy atom. The number of allylic oxidation sites excluding steroid dienone is 1. The van der Waals surface area contributed by atoms with Gasteiger partial charge in [-0.3, -0.25) is 4.79 Å². The predicted molar refractivity (Wildman–Crippen MR) is 116 cm³/mol. The van der Waals surface area contributed by atoms with Gasteiger partial charge in [-0.2, -0.15) is 10.1 Å². The molecular weight excluding hydrogens is 422 g/mol. The third kappa shape index (κ3) is 3.75. The van der Waals surface area contributed by atoms with E-state index in [2.05, 4.69) is 20.7 Å². The molecule has 0 spiro atoms. The van der Waals surface area contributed by atoms with Crippen LogP contribution < -0.4 is 20.1 Å². The van der Waals surface area contributed by atoms with Crippen LogP contribution in [0.4, 0.5) is 11.6 Å². The highest BCUT2D eigenvalue weighted by Crippen LogP contribution is 2.39. The van der Waals surface area contributed by atoms with Crippen molar-refractivity contribution in [3.05, 3.63) is 64.6 Å². The van der Waals surface area contributed by atoms with Crippen molar-refractivity contribution in [3.8, 4) is 17.2 Å². The highest BCUT2D eigenvalue weighted by atomic mass is 35.5. The largest absolute Gasteiger partial charge is 0.508 e. The van der Waals surface area contributed by atoms with Crippen molar-refractivity contribution in [2.45, 2.75) is 13.0 Å². The van der Waals surface area contributed by atoms with Crippen LogP contribution in [0.3, 0.4) is 0 Å². The second kappa shape index (κ2) is 8.19. The number of carbonyl (C=O) groups is 1. The van der Waals surface area contributed by atoms with Crippen LogP contribution in [0.25, 0.3) is 0 Å². The fraction of sp³-hybridized carbons (Fsp3) is 0.190. The van der Waals surface area contributed by atoms with E-state index >= 15 is 0 Å². The summed E-state index contributed by atoms with van der Waals surface area (Å²) in [6, 6.07) is 9.22. The number of benzene rings is 2. The fourth-order valence-corrected chi connectivity index (χ4v) is 3.73. The second-order valence-corrected chi connectivity index (χ2v) is 7.23. The van der Waals surface area contributed by atoms with Gasteiger partial charge >= 0.3 is 0 Å². The summed E-state index contributed by atoms with van der Waals surface area (Å²) in [5.74, 6) is 1.06. The van der Waals surface area contributed by atoms with E-state index in [1.54, 1.807) is 48.0 Å². The molecule has 1 aliphatic rings. The number of hydrogen-bond acceptors (Lipinski definition) is 7. The maximum absolute atomic E-state index is 13.5. The van der Waals surface area contributed by atoms with Crippen molar-refractivity contribution in [2.75, 3.05) is 24.9 Å². The Balaban J connectivity index is 1.76. The molecule has 1 unspecified atom stereocenters. The van der Waals surface area contributed by atoms with Crippen LogP contribution in [0.15, 0.2) is 54.0 Å². The van der Waals surface area contributed by atoms with Gasteiger partial charge in [0, 0.05) is 17.8 Å². The van der Waals surface area contributed by atoms with Crippen molar-refractivity contribution in [1.29, 1.82) is 0 Å². The lowest BCUT2D eigenvalue weighted by Gasteiger charge is -2.29. The van der Waals surface area contributed by atoms with Gasteiger partial charge in [-0.05, 0) is 24.6 Å². The molecule has 1 aromatic heterocycles. The molecule has 0 fully saturated rings. The van der Waals surface area contributed by atoms with E-state index in [1.165, 1.54) is 20.5 Å². The van der Waals surface area contributed by atoms with Gasteiger partial charge in [-0.15, -0.1) is 0 Å². The van der Waals surface area contributed by atoms with Crippen molar-refractivity contribution >= 4 is 29.1 Å². The minimum absolute atomic E-state index is 0.126. The molecule has 0 aliphatic carbocycles. The average molecular weight is 442 g/mol. The molecular formula is C21H20ClN5O4. The monoisotopic (exact) mass is 441 g/mol. The molecule has 1 aliphatic heterocycles. The highest BCUT2D eigenvalue weighted by molar-refractivity contribution is 6.32. The Labute approximate surface area is 183 Å². The molecule has 1 amide bonds. The van der Waals surface area contributed by atoms with E-state index < -0.39 is 6.04 Å². The maximum atomic E-state index is 13.5. The van der Waals surface area contributed by atoms with Gasteiger partial charge < -0.3 is 25.2 Å². The van der Waals surface area contributed by atoms with E-state index in [0.717, 1.165) is 5.56 Å². The number of phenolic OH excluding ortho intramolecular Hbond substituents is 1. The van der Waals surface area contributed by atoms with Crippen molar-refractivity contribution in [1.82, 2.24) is 14.8 Å². The van der Waals surface area contributed by atoms with Crippen LogP contribution in [0.2, 0.25) is 5.02 Å². The molecule has 10 heteroatoms. The third-order valence-corrected chi connectivity index (χ3v) is 5.27. The van der Waals surface area contributed by atoms with Gasteiger partial charge in [0.1, 0.15) is 29.6 Å². The van der Waals surface area contributed by atoms with Crippen molar-refractivity contribution in [2.24, 2.45) is 0 Å². The van der Waals surface area contributed by atoms with Gasteiger partial charge in [-0.1, -0.05) is 23.7 Å². The lowest BCUT2D eigenvalue weighted by atomic mass is 9.95. The maximum Gasteiger partial charge on any atom is 0.255 e. The number of aromatic nitrogens is 3. The van der Waals surface area contributed by atoms with Crippen LogP contribution in [0.5, 0.6) is 17.2 Å². The standard InChI is InChI=1S/C21H20ClN5O4/c1-11-18(20(29)26-15-9-16(30-2)14(22)8-17(15)31-3)19(12-4-6-13(28)7-5-12)27-21(25-11)23-10-24-27/h4-10,19,28H,1-3H3,(H,26,29)(H,23,24,25). The zero-order valence-corrected chi connectivity index (χ0v) is 17.8. The van der Waals surface area contributed by atoms with Gasteiger partial charge in [-0.25, -0.2) is 4.68 Å². The molecule has 31 heavy (non-hydrogen) atoms. The van der Waals surface area contributed by atoms with Crippen LogP contribution in [-0.2, 0) is 4.79 Å². The number of ether oxygens (including phenoxy) is 2. The Bertz CT molecular complexity index is 1170. The SMILES string of the molecule is COc1cc(NC(=O)C2=C(C)Nc3ncnn3C2c2ccc(O)cc2)c(OC)cc1Cl. The number of carbonyl (C=O) groups excluding carboxylic acids is 1. The molecule has 0 radical (unpaired) electrons. The van der Waals surface area contributed by atoms with Gasteiger partial charge in [0.15, 0.2) is 0 Å². The third-order valence-electron chi connectivity index (χ3n) is 4.97. The summed E-state index contributed by atoms with van der Waals surface area (Å²) in [4.78, 5) is 17.7. The number of anilines is 2. The lowest BCUT2D eigenvalue weighted by Crippen LogP contribution is -2.31. The normalized spacial score (nSPS) is 15.2. The molecule has 2 heterocycles. The first kappa shape index (κ1) is 20.5. The van der Waals surface area contributed by atoms with Crippen LogP contribution in [0, 0.1) is 0 Å². The molecule has 0 saturated carbocycles. The summed E-state index contributed by atoms with van der Waals surface area (Å²) in [5.41, 5.74) is 2.22. The number of hydrogen-bond donors (Lipinski definition) is 3.